The van der Waals surface area contributed by atoms with E-state index in [1.54, 1.807) is 0 Å². The van der Waals surface area contributed by atoms with Crippen molar-refractivity contribution in [3.8, 4) is 0 Å². The number of aromatic nitrogens is 1. The third-order valence-electron chi connectivity index (χ3n) is 3.26. The van der Waals surface area contributed by atoms with Gasteiger partial charge in [0.2, 0.25) is 0 Å². The van der Waals surface area contributed by atoms with Gasteiger partial charge in [-0.05, 0) is 32.6 Å². The molecule has 1 fully saturated rings. The Morgan fingerprint density at radius 2 is 2.28 bits per heavy atom. The van der Waals surface area contributed by atoms with E-state index in [-0.39, 0.29) is 6.10 Å². The Kier molecular flexibility index (Phi) is 4.16. The van der Waals surface area contributed by atoms with Crippen LogP contribution >= 0.6 is 0 Å². The fraction of sp³-hybridized carbons (Fsp3) is 0.615. The second-order valence-corrected chi connectivity index (χ2v) is 5.15. The Balaban J connectivity index is 2.18. The quantitative estimate of drug-likeness (QED) is 0.790. The van der Waals surface area contributed by atoms with Gasteiger partial charge in [0.25, 0.3) is 0 Å². The zero-order valence-corrected chi connectivity index (χ0v) is 11.1. The topological polar surface area (TPSA) is 65.6 Å². The molecule has 1 aliphatic rings. The molecule has 1 aromatic heterocycles. The van der Waals surface area contributed by atoms with Crippen molar-refractivity contribution in [2.75, 3.05) is 32.1 Å². The summed E-state index contributed by atoms with van der Waals surface area (Å²) in [5.74, 6) is 0.918. The lowest BCUT2D eigenvalue weighted by atomic mass is 10.2. The summed E-state index contributed by atoms with van der Waals surface area (Å²) in [6, 6.07) is 6.20. The monoisotopic (exact) mass is 250 g/mol. The molecule has 0 amide bonds. The number of rotatable bonds is 4. The molecule has 100 valence electrons. The lowest BCUT2D eigenvalue weighted by molar-refractivity contribution is 0.191. The molecule has 5 heteroatoms. The van der Waals surface area contributed by atoms with Crippen LogP contribution in [0.4, 0.5) is 5.82 Å². The summed E-state index contributed by atoms with van der Waals surface area (Å²) in [5.41, 5.74) is 6.51. The molecule has 1 aliphatic heterocycles. The van der Waals surface area contributed by atoms with Crippen molar-refractivity contribution in [3.05, 3.63) is 23.9 Å². The Labute approximate surface area is 108 Å². The minimum atomic E-state index is -0.265. The molecule has 0 aromatic carbocycles. The maximum Gasteiger partial charge on any atom is 0.129 e. The summed E-state index contributed by atoms with van der Waals surface area (Å²) in [6.07, 6.45) is 0.533. The third-order valence-corrected chi connectivity index (χ3v) is 3.26. The van der Waals surface area contributed by atoms with E-state index in [9.17, 15) is 5.11 Å². The van der Waals surface area contributed by atoms with Crippen molar-refractivity contribution < 1.29 is 5.11 Å². The van der Waals surface area contributed by atoms with E-state index in [4.69, 9.17) is 5.73 Å². The number of aliphatic hydroxyl groups is 1. The van der Waals surface area contributed by atoms with Crippen molar-refractivity contribution in [1.29, 1.82) is 0 Å². The van der Waals surface area contributed by atoms with Gasteiger partial charge in [0, 0.05) is 25.7 Å². The maximum absolute atomic E-state index is 9.86. The number of β-amino-alcohol motifs (C(OH)–C–C–N with tert-alkyl or cyclic N) is 1. The molecule has 2 unspecified atom stereocenters. The second kappa shape index (κ2) is 5.65. The van der Waals surface area contributed by atoms with Gasteiger partial charge >= 0.3 is 0 Å². The maximum atomic E-state index is 9.86. The predicted molar refractivity (Wildman–Crippen MR) is 72.4 cm³/mol. The molecular formula is C13H22N4O. The largest absolute Gasteiger partial charge is 0.391 e. The average molecular weight is 250 g/mol. The van der Waals surface area contributed by atoms with Gasteiger partial charge in [-0.25, -0.2) is 4.98 Å². The van der Waals surface area contributed by atoms with Gasteiger partial charge in [0.05, 0.1) is 11.8 Å². The Morgan fingerprint density at radius 1 is 1.50 bits per heavy atom. The minimum Gasteiger partial charge on any atom is -0.391 e. The van der Waals surface area contributed by atoms with Gasteiger partial charge in [-0.15, -0.1) is 0 Å². The van der Waals surface area contributed by atoms with Crippen LogP contribution in [0.5, 0.6) is 0 Å². The standard InChI is InChI=1S/C13H22N4O/c1-16(2)8-11-6-12(18)9-17(11)13-5-3-4-10(7-14)15-13/h3-5,11-12,18H,6-9,14H2,1-2H3. The fourth-order valence-electron chi connectivity index (χ4n) is 2.51. The van der Waals surface area contributed by atoms with Crippen molar-refractivity contribution >= 4 is 5.82 Å². The van der Waals surface area contributed by atoms with E-state index in [2.05, 4.69) is 14.8 Å². The highest BCUT2D eigenvalue weighted by Crippen LogP contribution is 2.24. The van der Waals surface area contributed by atoms with Crippen LogP contribution < -0.4 is 10.6 Å². The first-order chi connectivity index (χ1) is 8.60. The van der Waals surface area contributed by atoms with Crippen molar-refractivity contribution in [3.63, 3.8) is 0 Å². The minimum absolute atomic E-state index is 0.265. The molecule has 1 saturated heterocycles. The van der Waals surface area contributed by atoms with Gasteiger partial charge in [-0.1, -0.05) is 6.07 Å². The summed E-state index contributed by atoms with van der Waals surface area (Å²) >= 11 is 0. The van der Waals surface area contributed by atoms with E-state index < -0.39 is 0 Å². The molecule has 0 radical (unpaired) electrons. The van der Waals surface area contributed by atoms with E-state index in [0.717, 1.165) is 24.5 Å². The van der Waals surface area contributed by atoms with Crippen LogP contribution in [0.3, 0.4) is 0 Å². The lowest BCUT2D eigenvalue weighted by Gasteiger charge is -2.27. The average Bonchev–Trinajstić information content (AvgIpc) is 2.69. The number of aliphatic hydroxyl groups excluding tert-OH is 1. The lowest BCUT2D eigenvalue weighted by Crippen LogP contribution is -2.38. The molecule has 2 heterocycles. The van der Waals surface area contributed by atoms with E-state index >= 15 is 0 Å². The van der Waals surface area contributed by atoms with Crippen LogP contribution in [0.25, 0.3) is 0 Å². The molecule has 0 spiro atoms. The SMILES string of the molecule is CN(C)CC1CC(O)CN1c1cccc(CN)n1. The van der Waals surface area contributed by atoms with Crippen molar-refractivity contribution in [2.45, 2.75) is 25.1 Å². The molecule has 0 aliphatic carbocycles. The zero-order valence-electron chi connectivity index (χ0n) is 11.1. The third kappa shape index (κ3) is 2.98. The summed E-state index contributed by atoms with van der Waals surface area (Å²) in [5, 5.41) is 9.86. The van der Waals surface area contributed by atoms with Gasteiger partial charge in [0.1, 0.15) is 5.82 Å². The number of nitrogens with zero attached hydrogens (tertiary/aromatic N) is 3. The summed E-state index contributed by atoms with van der Waals surface area (Å²) < 4.78 is 0. The van der Waals surface area contributed by atoms with Gasteiger partial charge in [0.15, 0.2) is 0 Å². The Bertz CT molecular complexity index is 396. The molecule has 2 atom stereocenters. The normalized spacial score (nSPS) is 23.9. The molecule has 0 saturated carbocycles. The van der Waals surface area contributed by atoms with Crippen LogP contribution in [0.1, 0.15) is 12.1 Å². The molecule has 3 N–H and O–H groups in total. The van der Waals surface area contributed by atoms with E-state index in [1.165, 1.54) is 0 Å². The summed E-state index contributed by atoms with van der Waals surface area (Å²) in [4.78, 5) is 8.86. The molecule has 0 bridgehead atoms. The number of hydrogen-bond donors (Lipinski definition) is 2. The van der Waals surface area contributed by atoms with Gasteiger partial charge in [-0.2, -0.15) is 0 Å². The Hall–Kier alpha value is -1.17. The highest BCUT2D eigenvalue weighted by molar-refractivity contribution is 5.42. The zero-order chi connectivity index (χ0) is 13.1. The fourth-order valence-corrected chi connectivity index (χ4v) is 2.51. The van der Waals surface area contributed by atoms with E-state index in [0.29, 0.717) is 19.1 Å². The molecule has 5 nitrogen and oxygen atoms in total. The van der Waals surface area contributed by atoms with E-state index in [1.807, 2.05) is 32.3 Å². The van der Waals surface area contributed by atoms with Crippen LogP contribution in [0.15, 0.2) is 18.2 Å². The van der Waals surface area contributed by atoms with Crippen molar-refractivity contribution in [1.82, 2.24) is 9.88 Å². The van der Waals surface area contributed by atoms with Gasteiger partial charge < -0.3 is 20.6 Å². The molecular weight excluding hydrogens is 228 g/mol. The van der Waals surface area contributed by atoms with Crippen molar-refractivity contribution in [2.24, 2.45) is 5.73 Å². The summed E-state index contributed by atoms with van der Waals surface area (Å²) in [7, 11) is 4.10. The molecule has 18 heavy (non-hydrogen) atoms. The smallest absolute Gasteiger partial charge is 0.129 e. The summed E-state index contributed by atoms with van der Waals surface area (Å²) in [6.45, 7) is 2.02. The number of anilines is 1. The number of nitrogens with two attached hydrogens (primary N) is 1. The number of likely N-dealkylation sites (N-methyl/N-ethyl adjacent to an activating group) is 1. The first-order valence-electron chi connectivity index (χ1n) is 6.35. The highest BCUT2D eigenvalue weighted by atomic mass is 16.3. The number of hydrogen-bond acceptors (Lipinski definition) is 5. The van der Waals surface area contributed by atoms with Crippen LogP contribution in [-0.2, 0) is 6.54 Å². The van der Waals surface area contributed by atoms with Crippen LogP contribution in [0.2, 0.25) is 0 Å². The first kappa shape index (κ1) is 13.3. The molecule has 2 rings (SSSR count). The van der Waals surface area contributed by atoms with Crippen LogP contribution in [-0.4, -0.2) is 54.3 Å². The highest BCUT2D eigenvalue weighted by Gasteiger charge is 2.31. The Morgan fingerprint density at radius 3 is 2.94 bits per heavy atom. The van der Waals surface area contributed by atoms with Gasteiger partial charge in [-0.3, -0.25) is 0 Å². The second-order valence-electron chi connectivity index (χ2n) is 5.15. The predicted octanol–water partition coefficient (Wildman–Crippen LogP) is 0.0415. The molecule has 1 aromatic rings. The first-order valence-corrected chi connectivity index (χ1v) is 6.35. The number of pyridine rings is 1. The van der Waals surface area contributed by atoms with Crippen LogP contribution in [0, 0.1) is 0 Å².